The molecule has 0 spiro atoms. The van der Waals surface area contributed by atoms with E-state index >= 15 is 0 Å². The molecule has 8 amide bonds. The summed E-state index contributed by atoms with van der Waals surface area (Å²) in [5.41, 5.74) is 0. The molecule has 0 saturated heterocycles. The molecule has 0 saturated carbocycles. The molecule has 24 nitrogen and oxygen atoms in total. The summed E-state index contributed by atoms with van der Waals surface area (Å²) in [6, 6.07) is 0. The smallest absolute Gasteiger partial charge is 0.222 e. The number of hydrogen-bond acceptors (Lipinski definition) is 16. The summed E-state index contributed by atoms with van der Waals surface area (Å²) in [6.45, 7) is 34.4. The lowest BCUT2D eigenvalue weighted by Gasteiger charge is -2.12. The van der Waals surface area contributed by atoms with E-state index in [0.717, 1.165) is 51.4 Å². The SMILES string of the molecule is CCCCCC(C)C(=O)NCCOCCOCCNC(C)=O.CCCCCC(C)C(=O)NCCOCCOCCNC(C)=O.CCCCCC(C)C(=O)NCCOCCOCCNC(C)=O.CCCCCC(C)C(=O)NCCOCCOCCNC(C)=O. The average molecular weight is 1270 g/mol. The Morgan fingerprint density at radius 2 is 0.386 bits per heavy atom. The van der Waals surface area contributed by atoms with Crippen LogP contribution in [0.5, 0.6) is 0 Å². The van der Waals surface area contributed by atoms with Crippen LogP contribution in [0.3, 0.4) is 0 Å². The molecule has 88 heavy (non-hydrogen) atoms. The molecular formula is C64H128N8O16. The van der Waals surface area contributed by atoms with Crippen LogP contribution < -0.4 is 42.5 Å². The van der Waals surface area contributed by atoms with Gasteiger partial charge in [0.1, 0.15) is 0 Å². The van der Waals surface area contributed by atoms with Crippen LogP contribution in [0.2, 0.25) is 0 Å². The maximum atomic E-state index is 11.8. The van der Waals surface area contributed by atoms with Crippen LogP contribution >= 0.6 is 0 Å². The van der Waals surface area contributed by atoms with Gasteiger partial charge < -0.3 is 80.4 Å². The van der Waals surface area contributed by atoms with Gasteiger partial charge in [-0.2, -0.15) is 0 Å². The number of carbonyl (C=O) groups excluding carboxylic acids is 8. The topological polar surface area (TPSA) is 307 Å². The number of amides is 8. The summed E-state index contributed by atoms with van der Waals surface area (Å²) in [5.74, 6) is 0.479. The second-order valence-corrected chi connectivity index (χ2v) is 21.6. The lowest BCUT2D eigenvalue weighted by atomic mass is 10.0. The molecule has 0 aliphatic rings. The van der Waals surface area contributed by atoms with E-state index < -0.39 is 0 Å². The Bertz CT molecular complexity index is 1420. The molecule has 0 aromatic rings. The van der Waals surface area contributed by atoms with Crippen LogP contribution in [0.1, 0.15) is 186 Å². The van der Waals surface area contributed by atoms with Crippen LogP contribution in [0.4, 0.5) is 0 Å². The Morgan fingerprint density at radius 1 is 0.239 bits per heavy atom. The normalized spacial score (nSPS) is 12.0. The van der Waals surface area contributed by atoms with Gasteiger partial charge >= 0.3 is 0 Å². The van der Waals surface area contributed by atoms with Gasteiger partial charge in [-0.15, -0.1) is 0 Å². The van der Waals surface area contributed by atoms with Crippen LogP contribution in [0.15, 0.2) is 0 Å². The van der Waals surface area contributed by atoms with Gasteiger partial charge in [-0.05, 0) is 25.7 Å². The molecule has 0 fully saturated rings. The summed E-state index contributed by atoms with van der Waals surface area (Å²) in [6.07, 6.45) is 17.7. The summed E-state index contributed by atoms with van der Waals surface area (Å²) in [5, 5.41) is 22.1. The van der Waals surface area contributed by atoms with Crippen molar-refractivity contribution in [1.82, 2.24) is 42.5 Å². The predicted molar refractivity (Wildman–Crippen MR) is 347 cm³/mol. The first-order valence-electron chi connectivity index (χ1n) is 33.0. The second-order valence-electron chi connectivity index (χ2n) is 21.6. The van der Waals surface area contributed by atoms with Gasteiger partial charge in [-0.1, -0.05) is 132 Å². The lowest BCUT2D eigenvalue weighted by Crippen LogP contribution is -2.32. The summed E-state index contributed by atoms with van der Waals surface area (Å²) < 4.78 is 42.6. The molecule has 520 valence electrons. The molecule has 24 heteroatoms. The maximum Gasteiger partial charge on any atom is 0.222 e. The van der Waals surface area contributed by atoms with E-state index in [-0.39, 0.29) is 70.9 Å². The van der Waals surface area contributed by atoms with E-state index in [0.29, 0.717) is 158 Å². The van der Waals surface area contributed by atoms with Gasteiger partial charge in [-0.25, -0.2) is 0 Å². The van der Waals surface area contributed by atoms with Crippen LogP contribution in [-0.4, -0.2) is 205 Å². The molecule has 0 rings (SSSR count). The van der Waals surface area contributed by atoms with Gasteiger partial charge in [-0.3, -0.25) is 38.4 Å². The fourth-order valence-electron chi connectivity index (χ4n) is 7.49. The van der Waals surface area contributed by atoms with E-state index in [1.165, 1.54) is 79.1 Å². The van der Waals surface area contributed by atoms with Crippen molar-refractivity contribution in [2.24, 2.45) is 23.7 Å². The average Bonchev–Trinajstić information content (AvgIpc) is 3.51. The zero-order valence-corrected chi connectivity index (χ0v) is 57.1. The minimum Gasteiger partial charge on any atom is -0.377 e. The van der Waals surface area contributed by atoms with Gasteiger partial charge in [0, 0.05) is 104 Å². The van der Waals surface area contributed by atoms with Gasteiger partial charge in [0.2, 0.25) is 47.3 Å². The van der Waals surface area contributed by atoms with E-state index in [9.17, 15) is 38.4 Å². The highest BCUT2D eigenvalue weighted by molar-refractivity contribution is 5.79. The minimum atomic E-state index is -0.0560. The van der Waals surface area contributed by atoms with Gasteiger partial charge in [0.05, 0.1) is 106 Å². The van der Waals surface area contributed by atoms with Crippen molar-refractivity contribution in [1.29, 1.82) is 0 Å². The summed E-state index contributed by atoms with van der Waals surface area (Å²) in [7, 11) is 0. The first-order chi connectivity index (χ1) is 42.3. The van der Waals surface area contributed by atoms with E-state index in [4.69, 9.17) is 37.9 Å². The van der Waals surface area contributed by atoms with Crippen LogP contribution in [-0.2, 0) is 76.3 Å². The highest BCUT2D eigenvalue weighted by Gasteiger charge is 2.14. The quantitative estimate of drug-likeness (QED) is 0.0326. The van der Waals surface area contributed by atoms with E-state index in [1.54, 1.807) is 0 Å². The van der Waals surface area contributed by atoms with Gasteiger partial charge in [0.25, 0.3) is 0 Å². The lowest BCUT2D eigenvalue weighted by molar-refractivity contribution is -0.125. The zero-order valence-electron chi connectivity index (χ0n) is 57.1. The minimum absolute atomic E-state index is 0.0560. The van der Waals surface area contributed by atoms with E-state index in [1.807, 2.05) is 27.7 Å². The molecule has 0 radical (unpaired) electrons. The second kappa shape index (κ2) is 71.5. The Balaban J connectivity index is -0.000000535. The van der Waals surface area contributed by atoms with Gasteiger partial charge in [0.15, 0.2) is 0 Å². The number of ether oxygens (including phenoxy) is 8. The van der Waals surface area contributed by atoms with E-state index in [2.05, 4.69) is 70.2 Å². The first kappa shape index (κ1) is 89.9. The van der Waals surface area contributed by atoms with Crippen molar-refractivity contribution in [3.8, 4) is 0 Å². The van der Waals surface area contributed by atoms with Crippen molar-refractivity contribution in [3.05, 3.63) is 0 Å². The highest BCUT2D eigenvalue weighted by Crippen LogP contribution is 2.12. The molecule has 0 bridgehead atoms. The monoisotopic (exact) mass is 1260 g/mol. The fraction of sp³-hybridized carbons (Fsp3) is 0.875. The summed E-state index contributed by atoms with van der Waals surface area (Å²) >= 11 is 0. The fourth-order valence-corrected chi connectivity index (χ4v) is 7.49. The third kappa shape index (κ3) is 75.7. The maximum absolute atomic E-state index is 11.8. The zero-order chi connectivity index (χ0) is 66.5. The summed E-state index contributed by atoms with van der Waals surface area (Å²) in [4.78, 5) is 89.5. The van der Waals surface area contributed by atoms with Crippen molar-refractivity contribution in [3.63, 3.8) is 0 Å². The number of hydrogen-bond donors (Lipinski definition) is 8. The third-order valence-electron chi connectivity index (χ3n) is 12.9. The largest absolute Gasteiger partial charge is 0.377 e. The number of carbonyl (C=O) groups is 8. The van der Waals surface area contributed by atoms with Crippen molar-refractivity contribution in [2.45, 2.75) is 186 Å². The Labute approximate surface area is 531 Å². The standard InChI is InChI=1S/4C16H32N2O4/c4*1-4-5-6-7-14(2)16(20)18-9-11-22-13-12-21-10-8-17-15(3)19/h4*14H,4-13H2,1-3H3,(H,17,19)(H,18,20). The molecule has 4 atom stereocenters. The van der Waals surface area contributed by atoms with Crippen LogP contribution in [0.25, 0.3) is 0 Å². The molecule has 4 unspecified atom stereocenters. The molecule has 8 N–H and O–H groups in total. The predicted octanol–water partition coefficient (Wildman–Crippen LogP) is 5.95. The highest BCUT2D eigenvalue weighted by atomic mass is 16.5. The molecule has 0 aliphatic heterocycles. The number of unbranched alkanes of at least 4 members (excludes halogenated alkanes) is 8. The van der Waals surface area contributed by atoms with Crippen molar-refractivity contribution >= 4 is 47.3 Å². The molecular weight excluding hydrogens is 1140 g/mol. The number of rotatable bonds is 56. The van der Waals surface area contributed by atoms with Crippen molar-refractivity contribution in [2.75, 3.05) is 158 Å². The molecule has 0 heterocycles. The Kier molecular flexibility index (Phi) is 73.0. The number of nitrogens with one attached hydrogen (secondary N) is 8. The third-order valence-corrected chi connectivity index (χ3v) is 12.9. The molecule has 0 aliphatic carbocycles. The molecule has 0 aromatic carbocycles. The van der Waals surface area contributed by atoms with Crippen molar-refractivity contribution < 1.29 is 76.3 Å². The Morgan fingerprint density at radius 3 is 0.523 bits per heavy atom. The first-order valence-corrected chi connectivity index (χ1v) is 33.0. The van der Waals surface area contributed by atoms with Crippen LogP contribution in [0, 0.1) is 23.7 Å². The Hall–Kier alpha value is -4.56. The molecule has 0 aromatic heterocycles.